The van der Waals surface area contributed by atoms with Crippen LogP contribution in [-0.4, -0.2) is 49.4 Å². The molecule has 0 atom stereocenters. The van der Waals surface area contributed by atoms with Gasteiger partial charge in [-0.15, -0.1) is 0 Å². The molecule has 1 aliphatic heterocycles. The Balaban J connectivity index is 1.48. The summed E-state index contributed by atoms with van der Waals surface area (Å²) in [7, 11) is 0. The minimum atomic E-state index is -0.456. The van der Waals surface area contributed by atoms with Crippen LogP contribution in [0.2, 0.25) is 5.02 Å². The predicted octanol–water partition coefficient (Wildman–Crippen LogP) is 2.87. The molecule has 1 heterocycles. The molecule has 1 fully saturated rings. The van der Waals surface area contributed by atoms with Crippen molar-refractivity contribution in [3.63, 3.8) is 0 Å². The molecule has 0 aliphatic carbocycles. The van der Waals surface area contributed by atoms with Crippen LogP contribution >= 0.6 is 11.6 Å². The zero-order chi connectivity index (χ0) is 19.4. The lowest BCUT2D eigenvalue weighted by Crippen LogP contribution is -2.51. The third kappa shape index (κ3) is 4.77. The Morgan fingerprint density at radius 3 is 2.37 bits per heavy atom. The molecule has 7 heteroatoms. The number of anilines is 1. The zero-order valence-electron chi connectivity index (χ0n) is 15.0. The molecule has 1 saturated heterocycles. The lowest BCUT2D eigenvalue weighted by Gasteiger charge is -2.36. The number of carbonyl (C=O) groups excluding carboxylic acids is 2. The van der Waals surface area contributed by atoms with Crippen LogP contribution in [-0.2, 0) is 4.79 Å². The molecule has 0 bridgehead atoms. The standard InChI is InChI=1S/C20H21ClFN3O2/c1-14-2-3-15(12-18(14)22)20(27)23-13-19(26)25-10-8-24(9-11-25)17-6-4-16(21)5-7-17/h2-7,12H,8-11,13H2,1H3,(H,23,27). The molecular formula is C20H21ClFN3O2. The van der Waals surface area contributed by atoms with Crippen LogP contribution < -0.4 is 10.2 Å². The number of halogens is 2. The van der Waals surface area contributed by atoms with Crippen LogP contribution in [0.15, 0.2) is 42.5 Å². The summed E-state index contributed by atoms with van der Waals surface area (Å²) in [5.74, 6) is -1.04. The minimum Gasteiger partial charge on any atom is -0.368 e. The van der Waals surface area contributed by atoms with E-state index in [1.54, 1.807) is 24.0 Å². The van der Waals surface area contributed by atoms with Gasteiger partial charge < -0.3 is 15.1 Å². The first-order valence-electron chi connectivity index (χ1n) is 8.76. The summed E-state index contributed by atoms with van der Waals surface area (Å²) in [5, 5.41) is 3.26. The van der Waals surface area contributed by atoms with E-state index in [0.29, 0.717) is 36.8 Å². The van der Waals surface area contributed by atoms with Gasteiger partial charge in [-0.05, 0) is 48.9 Å². The van der Waals surface area contributed by atoms with Gasteiger partial charge >= 0.3 is 0 Å². The number of nitrogens with one attached hydrogen (secondary N) is 1. The highest BCUT2D eigenvalue weighted by Crippen LogP contribution is 2.19. The second-order valence-corrected chi connectivity index (χ2v) is 6.93. The molecule has 0 saturated carbocycles. The highest BCUT2D eigenvalue weighted by atomic mass is 35.5. The Bertz CT molecular complexity index is 834. The molecule has 2 amide bonds. The quantitative estimate of drug-likeness (QED) is 0.874. The highest BCUT2D eigenvalue weighted by molar-refractivity contribution is 6.30. The van der Waals surface area contributed by atoms with E-state index in [-0.39, 0.29) is 18.0 Å². The number of hydrogen-bond acceptors (Lipinski definition) is 3. The molecule has 5 nitrogen and oxygen atoms in total. The van der Waals surface area contributed by atoms with E-state index in [0.717, 1.165) is 5.69 Å². The lowest BCUT2D eigenvalue weighted by molar-refractivity contribution is -0.130. The van der Waals surface area contributed by atoms with Gasteiger partial charge in [0.2, 0.25) is 5.91 Å². The summed E-state index contributed by atoms with van der Waals surface area (Å²) in [4.78, 5) is 28.3. The Morgan fingerprint density at radius 2 is 1.74 bits per heavy atom. The summed E-state index contributed by atoms with van der Waals surface area (Å²) in [6.07, 6.45) is 0. The molecule has 2 aromatic rings. The summed E-state index contributed by atoms with van der Waals surface area (Å²) in [6, 6.07) is 11.9. The van der Waals surface area contributed by atoms with Crippen molar-refractivity contribution >= 4 is 29.1 Å². The number of piperazine rings is 1. The maximum absolute atomic E-state index is 13.6. The third-order valence-corrected chi connectivity index (χ3v) is 4.91. The van der Waals surface area contributed by atoms with Crippen LogP contribution in [0, 0.1) is 12.7 Å². The van der Waals surface area contributed by atoms with Crippen molar-refractivity contribution in [3.05, 3.63) is 64.4 Å². The SMILES string of the molecule is Cc1ccc(C(=O)NCC(=O)N2CCN(c3ccc(Cl)cc3)CC2)cc1F. The summed E-state index contributed by atoms with van der Waals surface area (Å²) in [5.41, 5.74) is 1.75. The molecule has 1 aliphatic rings. The molecule has 0 spiro atoms. The molecule has 142 valence electrons. The summed E-state index contributed by atoms with van der Waals surface area (Å²) < 4.78 is 13.6. The number of nitrogens with zero attached hydrogens (tertiary/aromatic N) is 2. The van der Waals surface area contributed by atoms with E-state index < -0.39 is 11.7 Å². The first kappa shape index (κ1) is 19.2. The first-order chi connectivity index (χ1) is 12.9. The fourth-order valence-electron chi connectivity index (χ4n) is 2.97. The van der Waals surface area contributed by atoms with E-state index in [2.05, 4.69) is 10.2 Å². The van der Waals surface area contributed by atoms with Gasteiger partial charge in [-0.25, -0.2) is 4.39 Å². The Morgan fingerprint density at radius 1 is 1.07 bits per heavy atom. The van der Waals surface area contributed by atoms with Gasteiger partial charge in [-0.2, -0.15) is 0 Å². The molecule has 1 N–H and O–H groups in total. The van der Waals surface area contributed by atoms with Crippen molar-refractivity contribution in [3.8, 4) is 0 Å². The monoisotopic (exact) mass is 389 g/mol. The van der Waals surface area contributed by atoms with Gasteiger partial charge in [0.1, 0.15) is 5.82 Å². The van der Waals surface area contributed by atoms with E-state index in [9.17, 15) is 14.0 Å². The molecule has 27 heavy (non-hydrogen) atoms. The lowest BCUT2D eigenvalue weighted by atomic mass is 10.1. The fraction of sp³-hybridized carbons (Fsp3) is 0.300. The number of rotatable bonds is 4. The molecule has 0 radical (unpaired) electrons. The number of aryl methyl sites for hydroxylation is 1. The van der Waals surface area contributed by atoms with Crippen molar-refractivity contribution in [2.45, 2.75) is 6.92 Å². The largest absolute Gasteiger partial charge is 0.368 e. The number of carbonyl (C=O) groups is 2. The van der Waals surface area contributed by atoms with Crippen LogP contribution in [0.1, 0.15) is 15.9 Å². The predicted molar refractivity (Wildman–Crippen MR) is 104 cm³/mol. The molecule has 2 aromatic carbocycles. The van der Waals surface area contributed by atoms with Crippen molar-refractivity contribution in [2.75, 3.05) is 37.6 Å². The first-order valence-corrected chi connectivity index (χ1v) is 9.14. The molecular weight excluding hydrogens is 369 g/mol. The van der Waals surface area contributed by atoms with Gasteiger partial charge in [0.25, 0.3) is 5.91 Å². The van der Waals surface area contributed by atoms with E-state index in [1.165, 1.54) is 6.07 Å². The molecule has 0 aromatic heterocycles. The van der Waals surface area contributed by atoms with E-state index in [1.807, 2.05) is 24.3 Å². The maximum atomic E-state index is 13.6. The minimum absolute atomic E-state index is 0.102. The number of benzene rings is 2. The molecule has 3 rings (SSSR count). The van der Waals surface area contributed by atoms with Gasteiger partial charge in [0, 0.05) is 42.5 Å². The van der Waals surface area contributed by atoms with Crippen molar-refractivity contribution in [1.29, 1.82) is 0 Å². The van der Waals surface area contributed by atoms with Crippen LogP contribution in [0.3, 0.4) is 0 Å². The van der Waals surface area contributed by atoms with Crippen LogP contribution in [0.4, 0.5) is 10.1 Å². The second-order valence-electron chi connectivity index (χ2n) is 6.49. The van der Waals surface area contributed by atoms with Crippen LogP contribution in [0.25, 0.3) is 0 Å². The normalized spacial score (nSPS) is 14.2. The smallest absolute Gasteiger partial charge is 0.251 e. The molecule has 0 unspecified atom stereocenters. The van der Waals surface area contributed by atoms with E-state index in [4.69, 9.17) is 11.6 Å². The van der Waals surface area contributed by atoms with Gasteiger partial charge in [-0.3, -0.25) is 9.59 Å². The Hall–Kier alpha value is -2.60. The van der Waals surface area contributed by atoms with Crippen molar-refractivity contribution in [1.82, 2.24) is 10.2 Å². The second kappa shape index (κ2) is 8.39. The Labute approximate surface area is 162 Å². The Kier molecular flexibility index (Phi) is 5.96. The third-order valence-electron chi connectivity index (χ3n) is 4.66. The maximum Gasteiger partial charge on any atom is 0.251 e. The van der Waals surface area contributed by atoms with E-state index >= 15 is 0 Å². The average Bonchev–Trinajstić information content (AvgIpc) is 2.68. The summed E-state index contributed by atoms with van der Waals surface area (Å²) >= 11 is 5.91. The van der Waals surface area contributed by atoms with Crippen LogP contribution in [0.5, 0.6) is 0 Å². The van der Waals surface area contributed by atoms with Gasteiger partial charge in [-0.1, -0.05) is 17.7 Å². The average molecular weight is 390 g/mol. The van der Waals surface area contributed by atoms with Gasteiger partial charge in [0.15, 0.2) is 0 Å². The topological polar surface area (TPSA) is 52.7 Å². The number of amides is 2. The zero-order valence-corrected chi connectivity index (χ0v) is 15.8. The van der Waals surface area contributed by atoms with Crippen molar-refractivity contribution < 1.29 is 14.0 Å². The van der Waals surface area contributed by atoms with Crippen molar-refractivity contribution in [2.24, 2.45) is 0 Å². The van der Waals surface area contributed by atoms with Gasteiger partial charge in [0.05, 0.1) is 6.54 Å². The number of hydrogen-bond donors (Lipinski definition) is 1. The fourth-order valence-corrected chi connectivity index (χ4v) is 3.10. The summed E-state index contributed by atoms with van der Waals surface area (Å²) in [6.45, 7) is 4.11. The highest BCUT2D eigenvalue weighted by Gasteiger charge is 2.21.